The van der Waals surface area contributed by atoms with E-state index < -0.39 is 0 Å². The summed E-state index contributed by atoms with van der Waals surface area (Å²) in [5, 5.41) is 2.97. The van der Waals surface area contributed by atoms with Crippen molar-refractivity contribution in [1.82, 2.24) is 20.2 Å². The molecule has 0 atom stereocenters. The Morgan fingerprint density at radius 2 is 1.93 bits per heavy atom. The monoisotopic (exact) mass is 410 g/mol. The molecular weight excluding hydrogens is 380 g/mol. The Bertz CT molecular complexity index is 885. The molecule has 0 aliphatic carbocycles. The summed E-state index contributed by atoms with van der Waals surface area (Å²) in [7, 11) is 0. The Balaban J connectivity index is 1.50. The molecule has 160 valence electrons. The number of nitrogens with zero attached hydrogens (tertiary/aromatic N) is 3. The summed E-state index contributed by atoms with van der Waals surface area (Å²) >= 11 is 0. The molecule has 0 spiro atoms. The number of carbonyl (C=O) groups is 2. The number of nitrogens with one attached hydrogen (secondary N) is 1. The highest BCUT2D eigenvalue weighted by atomic mass is 16.5. The number of benzene rings is 1. The van der Waals surface area contributed by atoms with E-state index in [4.69, 9.17) is 4.74 Å². The maximum absolute atomic E-state index is 12.6. The fourth-order valence-corrected chi connectivity index (χ4v) is 3.54. The van der Waals surface area contributed by atoms with Gasteiger partial charge in [-0.05, 0) is 36.8 Å². The van der Waals surface area contributed by atoms with E-state index in [1.165, 1.54) is 24.2 Å². The van der Waals surface area contributed by atoms with E-state index in [1.807, 2.05) is 12.1 Å². The summed E-state index contributed by atoms with van der Waals surface area (Å²) in [5.74, 6) is 0.493. The maximum atomic E-state index is 12.6. The summed E-state index contributed by atoms with van der Waals surface area (Å²) < 4.78 is 5.91. The van der Waals surface area contributed by atoms with Gasteiger partial charge in [-0.15, -0.1) is 0 Å². The number of amides is 2. The lowest BCUT2D eigenvalue weighted by atomic mass is 9.85. The number of aryl methyl sites for hydroxylation is 1. The lowest BCUT2D eigenvalue weighted by Crippen LogP contribution is -2.47. The first-order valence-corrected chi connectivity index (χ1v) is 10.3. The first-order valence-electron chi connectivity index (χ1n) is 10.3. The van der Waals surface area contributed by atoms with Crippen LogP contribution in [-0.4, -0.2) is 52.4 Å². The van der Waals surface area contributed by atoms with Crippen LogP contribution >= 0.6 is 0 Å². The van der Waals surface area contributed by atoms with Gasteiger partial charge in [0.25, 0.3) is 11.8 Å². The van der Waals surface area contributed by atoms with Crippen molar-refractivity contribution in [2.24, 2.45) is 0 Å². The van der Waals surface area contributed by atoms with Crippen LogP contribution in [0.4, 0.5) is 0 Å². The van der Waals surface area contributed by atoms with Crippen LogP contribution in [0, 0.1) is 6.92 Å². The van der Waals surface area contributed by atoms with Crippen LogP contribution in [0.15, 0.2) is 36.8 Å². The second-order valence-electron chi connectivity index (χ2n) is 8.76. The number of hydrogen-bond donors (Lipinski definition) is 1. The van der Waals surface area contributed by atoms with Crippen molar-refractivity contribution in [2.45, 2.75) is 52.0 Å². The highest BCUT2D eigenvalue weighted by Gasteiger charge is 2.25. The highest BCUT2D eigenvalue weighted by Crippen LogP contribution is 2.32. The predicted molar refractivity (Wildman–Crippen MR) is 114 cm³/mol. The summed E-state index contributed by atoms with van der Waals surface area (Å²) in [6.45, 7) is 9.66. The van der Waals surface area contributed by atoms with E-state index in [-0.39, 0.29) is 29.9 Å². The number of likely N-dealkylation sites (tertiary alicyclic amines) is 1. The number of aromatic nitrogens is 2. The molecule has 0 bridgehead atoms. The van der Waals surface area contributed by atoms with Crippen molar-refractivity contribution >= 4 is 11.8 Å². The number of rotatable bonds is 5. The van der Waals surface area contributed by atoms with E-state index in [0.29, 0.717) is 31.6 Å². The molecule has 0 radical (unpaired) electrons. The van der Waals surface area contributed by atoms with Crippen LogP contribution in [0.3, 0.4) is 0 Å². The van der Waals surface area contributed by atoms with Crippen LogP contribution in [-0.2, 0) is 10.2 Å². The molecule has 7 nitrogen and oxygen atoms in total. The molecule has 2 heterocycles. The molecule has 1 aliphatic heterocycles. The SMILES string of the molecule is Cc1ccc(OCC(=O)N2CCC(NC(=O)c3cnccn3)CC2)c(C(C)(C)C)c1. The smallest absolute Gasteiger partial charge is 0.271 e. The third-order valence-electron chi connectivity index (χ3n) is 5.27. The van der Waals surface area contributed by atoms with Crippen LogP contribution in [0.2, 0.25) is 0 Å². The zero-order chi connectivity index (χ0) is 21.7. The molecule has 1 aromatic carbocycles. The molecule has 1 aromatic heterocycles. The Labute approximate surface area is 177 Å². The number of hydrogen-bond acceptors (Lipinski definition) is 5. The average molecular weight is 411 g/mol. The number of carbonyl (C=O) groups excluding carboxylic acids is 2. The van der Waals surface area contributed by atoms with Gasteiger partial charge in [0, 0.05) is 31.5 Å². The van der Waals surface area contributed by atoms with Crippen LogP contribution in [0.25, 0.3) is 0 Å². The molecule has 0 saturated carbocycles. The van der Waals surface area contributed by atoms with Crippen molar-refractivity contribution in [3.05, 3.63) is 53.6 Å². The van der Waals surface area contributed by atoms with Crippen LogP contribution in [0.1, 0.15) is 55.2 Å². The fourth-order valence-electron chi connectivity index (χ4n) is 3.54. The van der Waals surface area contributed by atoms with Gasteiger partial charge in [-0.3, -0.25) is 14.6 Å². The van der Waals surface area contributed by atoms with Crippen molar-refractivity contribution < 1.29 is 14.3 Å². The summed E-state index contributed by atoms with van der Waals surface area (Å²) in [6.07, 6.45) is 5.88. The summed E-state index contributed by atoms with van der Waals surface area (Å²) in [4.78, 5) is 34.6. The molecular formula is C23H30N4O3. The Kier molecular flexibility index (Phi) is 6.70. The standard InChI is InChI=1S/C23H30N4O3/c1-16-5-6-20(18(13-16)23(2,3)4)30-15-21(28)27-11-7-17(8-12-27)26-22(29)19-14-24-9-10-25-19/h5-6,9-10,13-14,17H,7-8,11-12,15H2,1-4H3,(H,26,29). The van der Waals surface area contributed by atoms with Crippen molar-refractivity contribution in [1.29, 1.82) is 0 Å². The maximum Gasteiger partial charge on any atom is 0.271 e. The van der Waals surface area contributed by atoms with E-state index in [2.05, 4.69) is 49.0 Å². The van der Waals surface area contributed by atoms with E-state index in [1.54, 1.807) is 4.90 Å². The summed E-state index contributed by atoms with van der Waals surface area (Å²) in [5.41, 5.74) is 2.51. The van der Waals surface area contributed by atoms with Crippen molar-refractivity contribution in [3.63, 3.8) is 0 Å². The van der Waals surface area contributed by atoms with Gasteiger partial charge in [0.15, 0.2) is 6.61 Å². The fraction of sp³-hybridized carbons (Fsp3) is 0.478. The van der Waals surface area contributed by atoms with Crippen molar-refractivity contribution in [3.8, 4) is 5.75 Å². The Hall–Kier alpha value is -2.96. The first-order chi connectivity index (χ1) is 14.2. The van der Waals surface area contributed by atoms with Crippen LogP contribution < -0.4 is 10.1 Å². The van der Waals surface area contributed by atoms with Gasteiger partial charge in [-0.2, -0.15) is 0 Å². The Morgan fingerprint density at radius 3 is 2.57 bits per heavy atom. The van der Waals surface area contributed by atoms with Gasteiger partial charge in [-0.25, -0.2) is 4.98 Å². The normalized spacial score (nSPS) is 15.0. The average Bonchev–Trinajstić information content (AvgIpc) is 2.73. The minimum absolute atomic E-state index is 0.0166. The second kappa shape index (κ2) is 9.24. The third-order valence-corrected chi connectivity index (χ3v) is 5.27. The third kappa shape index (κ3) is 5.55. The minimum atomic E-state index is -0.231. The lowest BCUT2D eigenvalue weighted by molar-refractivity contribution is -0.134. The predicted octanol–water partition coefficient (Wildman–Crippen LogP) is 2.88. The number of ether oxygens (including phenoxy) is 1. The highest BCUT2D eigenvalue weighted by molar-refractivity contribution is 5.92. The van der Waals surface area contributed by atoms with Crippen molar-refractivity contribution in [2.75, 3.05) is 19.7 Å². The van der Waals surface area contributed by atoms with E-state index in [0.717, 1.165) is 11.3 Å². The molecule has 3 rings (SSSR count). The Morgan fingerprint density at radius 1 is 1.20 bits per heavy atom. The molecule has 1 fully saturated rings. The van der Waals surface area contributed by atoms with Gasteiger partial charge in [0.1, 0.15) is 11.4 Å². The molecule has 2 amide bonds. The molecule has 30 heavy (non-hydrogen) atoms. The lowest BCUT2D eigenvalue weighted by Gasteiger charge is -2.32. The van der Waals surface area contributed by atoms with E-state index >= 15 is 0 Å². The zero-order valence-electron chi connectivity index (χ0n) is 18.1. The molecule has 7 heteroatoms. The van der Waals surface area contributed by atoms with Gasteiger partial charge < -0.3 is 15.0 Å². The minimum Gasteiger partial charge on any atom is -0.483 e. The van der Waals surface area contributed by atoms with Crippen LogP contribution in [0.5, 0.6) is 5.75 Å². The molecule has 1 N–H and O–H groups in total. The first kappa shape index (κ1) is 21.7. The largest absolute Gasteiger partial charge is 0.483 e. The topological polar surface area (TPSA) is 84.4 Å². The quantitative estimate of drug-likeness (QED) is 0.819. The van der Waals surface area contributed by atoms with E-state index in [9.17, 15) is 9.59 Å². The molecule has 1 saturated heterocycles. The molecule has 2 aromatic rings. The van der Waals surface area contributed by atoms with Gasteiger partial charge in [-0.1, -0.05) is 38.5 Å². The molecule has 1 aliphatic rings. The number of piperidine rings is 1. The van der Waals surface area contributed by atoms with Gasteiger partial charge in [0.2, 0.25) is 0 Å². The zero-order valence-corrected chi connectivity index (χ0v) is 18.1. The van der Waals surface area contributed by atoms with Gasteiger partial charge >= 0.3 is 0 Å². The van der Waals surface area contributed by atoms with Gasteiger partial charge in [0.05, 0.1) is 6.20 Å². The molecule has 0 unspecified atom stereocenters. The second-order valence-corrected chi connectivity index (χ2v) is 8.76. The summed E-state index contributed by atoms with van der Waals surface area (Å²) in [6, 6.07) is 6.08.